The van der Waals surface area contributed by atoms with E-state index in [9.17, 15) is 9.59 Å². The summed E-state index contributed by atoms with van der Waals surface area (Å²) in [5.74, 6) is 1.12. The van der Waals surface area contributed by atoms with Gasteiger partial charge in [0.1, 0.15) is 11.2 Å². The summed E-state index contributed by atoms with van der Waals surface area (Å²) in [7, 11) is 0. The van der Waals surface area contributed by atoms with Gasteiger partial charge in [0.05, 0.1) is 0 Å². The van der Waals surface area contributed by atoms with Crippen LogP contribution in [-0.2, 0) is 9.47 Å². The van der Waals surface area contributed by atoms with Gasteiger partial charge in [0, 0.05) is 38.3 Å². The molecule has 0 aromatic heterocycles. The van der Waals surface area contributed by atoms with Gasteiger partial charge in [0.2, 0.25) is 0 Å². The Labute approximate surface area is 231 Å². The number of nitrogens with zero attached hydrogens (tertiary/aromatic N) is 2. The molecule has 2 saturated heterocycles. The Morgan fingerprint density at radius 1 is 0.684 bits per heavy atom. The summed E-state index contributed by atoms with van der Waals surface area (Å²) >= 11 is 0. The maximum absolute atomic E-state index is 12.1. The molecule has 2 spiro atoms. The van der Waals surface area contributed by atoms with Crippen molar-refractivity contribution in [1.29, 1.82) is 0 Å². The van der Waals surface area contributed by atoms with Crippen LogP contribution >= 0.6 is 0 Å². The molecular formula is C30H56N4O4. The lowest BCUT2D eigenvalue weighted by molar-refractivity contribution is 0.0242. The van der Waals surface area contributed by atoms with Gasteiger partial charge in [-0.1, -0.05) is 13.8 Å². The van der Waals surface area contributed by atoms with Gasteiger partial charge in [-0.3, -0.25) is 0 Å². The van der Waals surface area contributed by atoms with Crippen LogP contribution in [0.25, 0.3) is 0 Å². The van der Waals surface area contributed by atoms with E-state index in [0.29, 0.717) is 34.7 Å². The number of rotatable bonds is 0. The van der Waals surface area contributed by atoms with Crippen LogP contribution in [0.15, 0.2) is 0 Å². The van der Waals surface area contributed by atoms with Crippen molar-refractivity contribution >= 4 is 12.2 Å². The van der Waals surface area contributed by atoms with Gasteiger partial charge in [-0.25, -0.2) is 9.59 Å². The first-order valence-corrected chi connectivity index (χ1v) is 14.9. The van der Waals surface area contributed by atoms with E-state index in [1.807, 2.05) is 51.3 Å². The third-order valence-corrected chi connectivity index (χ3v) is 9.17. The second-order valence-corrected chi connectivity index (χ2v) is 15.1. The van der Waals surface area contributed by atoms with E-state index in [0.717, 1.165) is 77.5 Å². The van der Waals surface area contributed by atoms with E-state index in [2.05, 4.69) is 13.8 Å². The Kier molecular flexibility index (Phi) is 9.40. The molecule has 38 heavy (non-hydrogen) atoms. The van der Waals surface area contributed by atoms with E-state index in [4.69, 9.17) is 20.9 Å². The highest BCUT2D eigenvalue weighted by molar-refractivity contribution is 5.69. The molecule has 4 fully saturated rings. The largest absolute Gasteiger partial charge is 0.444 e. The Hall–Kier alpha value is -1.54. The van der Waals surface area contributed by atoms with E-state index < -0.39 is 11.2 Å². The summed E-state index contributed by atoms with van der Waals surface area (Å²) in [6.45, 7) is 19.3. The molecule has 8 heteroatoms. The zero-order chi connectivity index (χ0) is 28.5. The zero-order valence-electron chi connectivity index (χ0n) is 25.5. The van der Waals surface area contributed by atoms with Gasteiger partial charge < -0.3 is 30.7 Å². The monoisotopic (exact) mass is 536 g/mol. The summed E-state index contributed by atoms with van der Waals surface area (Å²) < 4.78 is 10.9. The number of nitrogens with two attached hydrogens (primary N) is 2. The second kappa shape index (κ2) is 11.5. The van der Waals surface area contributed by atoms with E-state index >= 15 is 0 Å². The normalized spacial score (nSPS) is 35.7. The molecule has 220 valence electrons. The third-order valence-electron chi connectivity index (χ3n) is 9.17. The van der Waals surface area contributed by atoms with Gasteiger partial charge in [-0.05, 0) is 116 Å². The minimum absolute atomic E-state index is 0.160. The lowest BCUT2D eigenvalue weighted by Gasteiger charge is -2.40. The highest BCUT2D eigenvalue weighted by Gasteiger charge is 2.46. The molecule has 0 unspecified atom stereocenters. The maximum Gasteiger partial charge on any atom is 0.410 e. The number of carbonyl (C=O) groups is 2. The fraction of sp³-hybridized carbons (Fsp3) is 0.933. The lowest BCUT2D eigenvalue weighted by atomic mass is 9.68. The molecule has 2 heterocycles. The van der Waals surface area contributed by atoms with Crippen molar-refractivity contribution in [2.75, 3.05) is 26.2 Å². The van der Waals surface area contributed by atoms with Gasteiger partial charge in [-0.15, -0.1) is 0 Å². The molecule has 4 aliphatic rings. The van der Waals surface area contributed by atoms with Crippen LogP contribution < -0.4 is 11.5 Å². The average Bonchev–Trinajstić information content (AvgIpc) is 3.38. The summed E-state index contributed by atoms with van der Waals surface area (Å²) in [6, 6.07) is 0.669. The van der Waals surface area contributed by atoms with Crippen molar-refractivity contribution in [2.45, 2.75) is 130 Å². The van der Waals surface area contributed by atoms with Crippen LogP contribution in [0.5, 0.6) is 0 Å². The molecular weight excluding hydrogens is 480 g/mol. The molecule has 0 bridgehead atoms. The molecule has 2 aliphatic heterocycles. The van der Waals surface area contributed by atoms with E-state index in [1.54, 1.807) is 0 Å². The van der Waals surface area contributed by atoms with Gasteiger partial charge in [0.15, 0.2) is 0 Å². The number of hydrogen-bond donors (Lipinski definition) is 2. The summed E-state index contributed by atoms with van der Waals surface area (Å²) in [6.07, 6.45) is 8.65. The highest BCUT2D eigenvalue weighted by atomic mass is 16.6. The van der Waals surface area contributed by atoms with E-state index in [-0.39, 0.29) is 12.2 Å². The fourth-order valence-corrected chi connectivity index (χ4v) is 6.96. The number of likely N-dealkylation sites (tertiary alicyclic amines) is 2. The first-order valence-electron chi connectivity index (χ1n) is 14.9. The van der Waals surface area contributed by atoms with Crippen molar-refractivity contribution in [3.63, 3.8) is 0 Å². The SMILES string of the molecule is C[C@@H]1C[C@]2(CC[C@H]1N)CCN(C(=O)OC(C)(C)C)C2.C[C@H]1C[C@]2(CC[C@@H]1N)CCN(C(=O)OC(C)(C)C)C2. The Morgan fingerprint density at radius 2 is 1.03 bits per heavy atom. The first-order chi connectivity index (χ1) is 17.4. The minimum Gasteiger partial charge on any atom is -0.444 e. The van der Waals surface area contributed by atoms with Crippen molar-refractivity contribution in [1.82, 2.24) is 9.80 Å². The van der Waals surface area contributed by atoms with Crippen molar-refractivity contribution < 1.29 is 19.1 Å². The van der Waals surface area contributed by atoms with Crippen LogP contribution in [0.4, 0.5) is 9.59 Å². The van der Waals surface area contributed by atoms with Gasteiger partial charge in [-0.2, -0.15) is 0 Å². The summed E-state index contributed by atoms with van der Waals surface area (Å²) in [4.78, 5) is 28.0. The van der Waals surface area contributed by atoms with Gasteiger partial charge >= 0.3 is 12.2 Å². The topological polar surface area (TPSA) is 111 Å². The molecule has 0 aromatic carbocycles. The number of amides is 2. The standard InChI is InChI=1S/2C15H28N2O2/c2*1-11-9-15(6-5-12(11)16)7-8-17(10-15)13(18)19-14(2,3)4/h2*11-12H,5-10,16H2,1-4H3/t11-,12-,15+;11-,12-,15-/m10/s1. The zero-order valence-corrected chi connectivity index (χ0v) is 25.5. The predicted octanol–water partition coefficient (Wildman–Crippen LogP) is 5.52. The van der Waals surface area contributed by atoms with E-state index in [1.165, 1.54) is 0 Å². The maximum atomic E-state index is 12.1. The number of carbonyl (C=O) groups excluding carboxylic acids is 2. The van der Waals surface area contributed by atoms with Crippen molar-refractivity contribution in [3.8, 4) is 0 Å². The average molecular weight is 537 g/mol. The van der Waals surface area contributed by atoms with Crippen LogP contribution in [0, 0.1) is 22.7 Å². The van der Waals surface area contributed by atoms with Crippen molar-refractivity contribution in [3.05, 3.63) is 0 Å². The number of ether oxygens (including phenoxy) is 2. The summed E-state index contributed by atoms with van der Waals surface area (Å²) in [5, 5.41) is 0. The van der Waals surface area contributed by atoms with Crippen molar-refractivity contribution in [2.24, 2.45) is 34.1 Å². The Morgan fingerprint density at radius 3 is 1.32 bits per heavy atom. The van der Waals surface area contributed by atoms with Gasteiger partial charge in [0.25, 0.3) is 0 Å². The quantitative estimate of drug-likeness (QED) is 0.422. The molecule has 4 rings (SSSR count). The summed E-state index contributed by atoms with van der Waals surface area (Å²) in [5.41, 5.74) is 12.0. The minimum atomic E-state index is -0.408. The highest BCUT2D eigenvalue weighted by Crippen LogP contribution is 2.46. The predicted molar refractivity (Wildman–Crippen MR) is 152 cm³/mol. The smallest absolute Gasteiger partial charge is 0.410 e. The lowest BCUT2D eigenvalue weighted by Crippen LogP contribution is -2.42. The molecule has 6 atom stereocenters. The molecule has 4 N–H and O–H groups in total. The second-order valence-electron chi connectivity index (χ2n) is 15.1. The fourth-order valence-electron chi connectivity index (χ4n) is 6.96. The van der Waals surface area contributed by atoms with Crippen LogP contribution in [-0.4, -0.2) is 71.5 Å². The Bertz CT molecular complexity index is 769. The molecule has 8 nitrogen and oxygen atoms in total. The third kappa shape index (κ3) is 8.23. The molecule has 2 aliphatic carbocycles. The Balaban J connectivity index is 0.000000211. The first kappa shape index (κ1) is 31.0. The van der Waals surface area contributed by atoms with Crippen LogP contribution in [0.1, 0.15) is 107 Å². The molecule has 2 saturated carbocycles. The molecule has 0 aromatic rings. The van der Waals surface area contributed by atoms with Crippen LogP contribution in [0.2, 0.25) is 0 Å². The molecule has 2 amide bonds. The number of hydrogen-bond acceptors (Lipinski definition) is 6. The van der Waals surface area contributed by atoms with Crippen LogP contribution in [0.3, 0.4) is 0 Å². The molecule has 0 radical (unpaired) electrons.